The third-order valence-corrected chi connectivity index (χ3v) is 6.82. The lowest BCUT2D eigenvalue weighted by atomic mass is 9.98. The minimum atomic E-state index is -0.0293. The van der Waals surface area contributed by atoms with Gasteiger partial charge in [0.2, 0.25) is 5.91 Å². The van der Waals surface area contributed by atoms with Gasteiger partial charge in [-0.15, -0.1) is 5.10 Å². The summed E-state index contributed by atoms with van der Waals surface area (Å²) in [4.78, 5) is 17.4. The average molecular weight is 460 g/mol. The Bertz CT molecular complexity index is 1300. The van der Waals surface area contributed by atoms with Gasteiger partial charge in [-0.3, -0.25) is 9.69 Å². The number of morpholine rings is 1. The standard InChI is InChI=1S/C23H24N8O3/c1-15-19(6-7-20-23(15)26-34-25-20)21-12-29-8-9-30(11-18(29)13-33-21)22(32)10-16-2-4-17(5-3-16)31-14-24-27-28-31/h2-7,14,18,21H,8-13H2,1H3/t18-,21-/m0/s1. The summed E-state index contributed by atoms with van der Waals surface area (Å²) in [6.45, 7) is 5.65. The van der Waals surface area contributed by atoms with E-state index in [0.29, 0.717) is 19.6 Å². The van der Waals surface area contributed by atoms with Gasteiger partial charge in [0.15, 0.2) is 0 Å². The molecule has 4 aromatic rings. The smallest absolute Gasteiger partial charge is 0.227 e. The zero-order chi connectivity index (χ0) is 23.1. The van der Waals surface area contributed by atoms with Gasteiger partial charge in [-0.05, 0) is 62.6 Å². The zero-order valence-corrected chi connectivity index (χ0v) is 18.7. The van der Waals surface area contributed by atoms with Crippen LogP contribution in [0.1, 0.15) is 22.8 Å². The fourth-order valence-corrected chi connectivity index (χ4v) is 4.88. The van der Waals surface area contributed by atoms with Crippen LogP contribution in [-0.2, 0) is 16.0 Å². The molecule has 0 saturated carbocycles. The largest absolute Gasteiger partial charge is 0.370 e. The van der Waals surface area contributed by atoms with Crippen molar-refractivity contribution in [3.63, 3.8) is 0 Å². The number of amides is 1. The molecule has 4 heterocycles. The van der Waals surface area contributed by atoms with Crippen molar-refractivity contribution in [2.45, 2.75) is 25.5 Å². The molecule has 0 spiro atoms. The molecule has 34 heavy (non-hydrogen) atoms. The number of carbonyl (C=O) groups excluding carboxylic acids is 1. The van der Waals surface area contributed by atoms with E-state index >= 15 is 0 Å². The highest BCUT2D eigenvalue weighted by molar-refractivity contribution is 5.79. The monoisotopic (exact) mass is 460 g/mol. The molecule has 0 N–H and O–H groups in total. The van der Waals surface area contributed by atoms with Crippen LogP contribution >= 0.6 is 0 Å². The molecule has 0 aliphatic carbocycles. The number of piperazine rings is 1. The number of hydrogen-bond donors (Lipinski definition) is 0. The van der Waals surface area contributed by atoms with Crippen molar-refractivity contribution in [3.8, 4) is 5.69 Å². The van der Waals surface area contributed by atoms with Crippen molar-refractivity contribution in [3.05, 3.63) is 59.4 Å². The molecule has 2 aromatic heterocycles. The predicted molar refractivity (Wildman–Crippen MR) is 120 cm³/mol. The fourth-order valence-electron chi connectivity index (χ4n) is 4.88. The third kappa shape index (κ3) is 3.82. The Balaban J connectivity index is 1.07. The number of rotatable bonds is 4. The van der Waals surface area contributed by atoms with Crippen LogP contribution in [-0.4, -0.2) is 85.1 Å². The first kappa shape index (κ1) is 20.9. The summed E-state index contributed by atoms with van der Waals surface area (Å²) in [5.41, 5.74) is 5.53. The van der Waals surface area contributed by atoms with Crippen LogP contribution in [0.25, 0.3) is 16.7 Å². The number of hydrogen-bond acceptors (Lipinski definition) is 9. The van der Waals surface area contributed by atoms with Gasteiger partial charge in [0.05, 0.1) is 30.9 Å². The number of fused-ring (bicyclic) bond motifs is 2. The number of benzene rings is 2. The molecule has 0 unspecified atom stereocenters. The number of aryl methyl sites for hydroxylation is 1. The zero-order valence-electron chi connectivity index (χ0n) is 18.7. The second-order valence-electron chi connectivity index (χ2n) is 8.82. The topological polar surface area (TPSA) is 115 Å². The molecular formula is C23H24N8O3. The Morgan fingerprint density at radius 1 is 1.09 bits per heavy atom. The molecule has 0 radical (unpaired) electrons. The van der Waals surface area contributed by atoms with Gasteiger partial charge in [0, 0.05) is 26.2 Å². The van der Waals surface area contributed by atoms with Crippen LogP contribution in [0.5, 0.6) is 0 Å². The van der Waals surface area contributed by atoms with E-state index in [2.05, 4.69) is 36.8 Å². The van der Waals surface area contributed by atoms with Crippen LogP contribution in [0.3, 0.4) is 0 Å². The first-order valence-corrected chi connectivity index (χ1v) is 11.3. The molecule has 2 aliphatic rings. The van der Waals surface area contributed by atoms with Gasteiger partial charge < -0.3 is 9.64 Å². The Labute approximate surface area is 195 Å². The molecule has 2 aliphatic heterocycles. The number of nitrogens with zero attached hydrogens (tertiary/aromatic N) is 8. The third-order valence-electron chi connectivity index (χ3n) is 6.82. The highest BCUT2D eigenvalue weighted by Gasteiger charge is 2.36. The maximum atomic E-state index is 13.0. The fraction of sp³-hybridized carbons (Fsp3) is 0.391. The molecule has 11 heteroatoms. The summed E-state index contributed by atoms with van der Waals surface area (Å²) >= 11 is 0. The Kier molecular flexibility index (Phi) is 5.27. The molecule has 2 fully saturated rings. The van der Waals surface area contributed by atoms with E-state index < -0.39 is 0 Å². The van der Waals surface area contributed by atoms with Crippen molar-refractivity contribution >= 4 is 16.9 Å². The van der Waals surface area contributed by atoms with Crippen molar-refractivity contribution in [1.82, 2.24) is 40.3 Å². The highest BCUT2D eigenvalue weighted by Crippen LogP contribution is 2.31. The average Bonchev–Trinajstić information content (AvgIpc) is 3.57. The lowest BCUT2D eigenvalue weighted by Crippen LogP contribution is -2.59. The molecule has 1 amide bonds. The van der Waals surface area contributed by atoms with Crippen LogP contribution in [0, 0.1) is 6.92 Å². The second kappa shape index (κ2) is 8.58. The van der Waals surface area contributed by atoms with Crippen LogP contribution in [0.15, 0.2) is 47.4 Å². The van der Waals surface area contributed by atoms with E-state index in [1.807, 2.05) is 42.2 Å². The molecule has 174 valence electrons. The van der Waals surface area contributed by atoms with Crippen LogP contribution in [0.4, 0.5) is 0 Å². The Morgan fingerprint density at radius 2 is 1.97 bits per heavy atom. The first-order chi connectivity index (χ1) is 16.7. The quantitative estimate of drug-likeness (QED) is 0.445. The van der Waals surface area contributed by atoms with E-state index in [4.69, 9.17) is 9.37 Å². The summed E-state index contributed by atoms with van der Waals surface area (Å²) in [5.74, 6) is 0.136. The Morgan fingerprint density at radius 3 is 2.79 bits per heavy atom. The van der Waals surface area contributed by atoms with E-state index in [1.54, 1.807) is 11.0 Å². The number of carbonyl (C=O) groups is 1. The van der Waals surface area contributed by atoms with Crippen molar-refractivity contribution in [2.24, 2.45) is 0 Å². The van der Waals surface area contributed by atoms with Gasteiger partial charge >= 0.3 is 0 Å². The minimum Gasteiger partial charge on any atom is -0.370 e. The molecular weight excluding hydrogens is 436 g/mol. The number of tetrazole rings is 1. The maximum absolute atomic E-state index is 13.0. The number of aromatic nitrogens is 6. The highest BCUT2D eigenvalue weighted by atomic mass is 16.6. The molecule has 2 aromatic carbocycles. The van der Waals surface area contributed by atoms with Crippen LogP contribution < -0.4 is 0 Å². The van der Waals surface area contributed by atoms with Crippen molar-refractivity contribution < 1.29 is 14.2 Å². The van der Waals surface area contributed by atoms with Crippen LogP contribution in [0.2, 0.25) is 0 Å². The summed E-state index contributed by atoms with van der Waals surface area (Å²) in [7, 11) is 0. The van der Waals surface area contributed by atoms with E-state index in [-0.39, 0.29) is 18.1 Å². The Hall–Kier alpha value is -3.70. The summed E-state index contributed by atoms with van der Waals surface area (Å²) in [5, 5.41) is 19.1. The predicted octanol–water partition coefficient (Wildman–Crippen LogP) is 1.33. The SMILES string of the molecule is Cc1c([C@@H]2CN3CCN(C(=O)Cc4ccc(-n5cnnn5)cc4)C[C@H]3CO2)ccc2nonc12. The van der Waals surface area contributed by atoms with Gasteiger partial charge in [-0.25, -0.2) is 9.31 Å². The minimum absolute atomic E-state index is 0.0293. The van der Waals surface area contributed by atoms with Gasteiger partial charge in [0.25, 0.3) is 0 Å². The van der Waals surface area contributed by atoms with Crippen molar-refractivity contribution in [1.29, 1.82) is 0 Å². The van der Waals surface area contributed by atoms with E-state index in [9.17, 15) is 4.79 Å². The van der Waals surface area contributed by atoms with E-state index in [0.717, 1.165) is 53.0 Å². The maximum Gasteiger partial charge on any atom is 0.227 e. The summed E-state index contributed by atoms with van der Waals surface area (Å²) < 4.78 is 12.7. The van der Waals surface area contributed by atoms with Gasteiger partial charge in [-0.2, -0.15) is 0 Å². The normalized spacial score (nSPS) is 21.0. The lowest BCUT2D eigenvalue weighted by Gasteiger charge is -2.46. The van der Waals surface area contributed by atoms with Gasteiger partial charge in [0.1, 0.15) is 17.4 Å². The van der Waals surface area contributed by atoms with Crippen molar-refractivity contribution in [2.75, 3.05) is 32.8 Å². The summed E-state index contributed by atoms with van der Waals surface area (Å²) in [6.07, 6.45) is 1.89. The molecule has 11 nitrogen and oxygen atoms in total. The molecule has 6 rings (SSSR count). The molecule has 0 bridgehead atoms. The second-order valence-corrected chi connectivity index (χ2v) is 8.82. The molecule has 2 saturated heterocycles. The lowest BCUT2D eigenvalue weighted by molar-refractivity contribution is -0.139. The van der Waals surface area contributed by atoms with Gasteiger partial charge in [-0.1, -0.05) is 18.2 Å². The van der Waals surface area contributed by atoms with E-state index in [1.165, 1.54) is 0 Å². The molecule has 2 atom stereocenters. The number of ether oxygens (including phenoxy) is 1. The first-order valence-electron chi connectivity index (χ1n) is 11.3. The summed E-state index contributed by atoms with van der Waals surface area (Å²) in [6, 6.07) is 11.9.